The molecule has 2 aromatic carbocycles. The zero-order valence-electron chi connectivity index (χ0n) is 16.1. The van der Waals surface area contributed by atoms with Crippen molar-refractivity contribution in [3.8, 4) is 0 Å². The van der Waals surface area contributed by atoms with Crippen molar-refractivity contribution in [1.29, 1.82) is 0 Å². The van der Waals surface area contributed by atoms with E-state index in [0.29, 0.717) is 24.8 Å². The Balaban J connectivity index is 1.40. The van der Waals surface area contributed by atoms with E-state index in [1.807, 2.05) is 72.3 Å². The van der Waals surface area contributed by atoms with Crippen LogP contribution in [0.1, 0.15) is 18.1 Å². The largest absolute Gasteiger partial charge is 0.393 e. The van der Waals surface area contributed by atoms with Crippen molar-refractivity contribution in [3.63, 3.8) is 0 Å². The number of hydrogen-bond acceptors (Lipinski definition) is 5. The van der Waals surface area contributed by atoms with Gasteiger partial charge in [0.1, 0.15) is 18.4 Å². The van der Waals surface area contributed by atoms with Gasteiger partial charge in [0, 0.05) is 28.5 Å². The number of hydrogen-bond donors (Lipinski definition) is 0. The van der Waals surface area contributed by atoms with Crippen LogP contribution < -0.4 is 0 Å². The summed E-state index contributed by atoms with van der Waals surface area (Å²) in [5.74, 6) is -0.818. The molecule has 1 aliphatic heterocycles. The van der Waals surface area contributed by atoms with E-state index in [4.69, 9.17) is 25.9 Å². The van der Waals surface area contributed by atoms with Crippen LogP contribution >= 0.6 is 11.6 Å². The fourth-order valence-electron chi connectivity index (χ4n) is 3.18. The van der Waals surface area contributed by atoms with Gasteiger partial charge in [-0.1, -0.05) is 59.2 Å². The van der Waals surface area contributed by atoms with Gasteiger partial charge in [-0.3, -0.25) is 0 Å². The molecule has 3 aromatic rings. The fourth-order valence-corrected chi connectivity index (χ4v) is 3.31. The summed E-state index contributed by atoms with van der Waals surface area (Å²) in [4.78, 5) is 9.74. The molecule has 150 valence electrons. The molecule has 1 fully saturated rings. The number of halogens is 1. The van der Waals surface area contributed by atoms with E-state index < -0.39 is 5.79 Å². The minimum atomic E-state index is -0.818. The topological polar surface area (TPSA) is 57.9 Å². The number of imidazole rings is 1. The second-order valence-corrected chi connectivity index (χ2v) is 7.37. The minimum Gasteiger partial charge on any atom is -0.393 e. The number of oxime groups is 1. The summed E-state index contributed by atoms with van der Waals surface area (Å²) in [6.07, 6.45) is 5.17. The number of nitrogens with zero attached hydrogens (tertiary/aromatic N) is 3. The van der Waals surface area contributed by atoms with Crippen molar-refractivity contribution in [3.05, 3.63) is 89.5 Å². The lowest BCUT2D eigenvalue weighted by molar-refractivity contribution is -0.167. The third-order valence-electron chi connectivity index (χ3n) is 4.74. The first-order chi connectivity index (χ1) is 14.1. The molecule has 1 aromatic heterocycles. The monoisotopic (exact) mass is 411 g/mol. The Bertz CT molecular complexity index is 945. The normalized spacial score (nSPS) is 22.0. The van der Waals surface area contributed by atoms with Crippen LogP contribution in [0.2, 0.25) is 5.02 Å². The Hall–Kier alpha value is -2.67. The van der Waals surface area contributed by atoms with Gasteiger partial charge in [-0.15, -0.1) is 0 Å². The summed E-state index contributed by atoms with van der Waals surface area (Å²) in [6.45, 7) is 3.18. The molecule has 6 nitrogen and oxygen atoms in total. The zero-order chi connectivity index (χ0) is 20.1. The van der Waals surface area contributed by atoms with Gasteiger partial charge in [-0.05, 0) is 19.1 Å². The molecule has 2 atom stereocenters. The van der Waals surface area contributed by atoms with Gasteiger partial charge in [0.05, 0.1) is 19.5 Å². The fraction of sp³-hybridized carbons (Fsp3) is 0.273. The highest BCUT2D eigenvalue weighted by atomic mass is 35.5. The van der Waals surface area contributed by atoms with Crippen molar-refractivity contribution >= 4 is 17.3 Å². The predicted molar refractivity (Wildman–Crippen MR) is 111 cm³/mol. The molecule has 0 aliphatic carbocycles. The number of aromatic nitrogens is 2. The maximum absolute atomic E-state index is 6.09. The smallest absolute Gasteiger partial charge is 0.192 e. The van der Waals surface area contributed by atoms with Crippen LogP contribution in [-0.2, 0) is 26.6 Å². The molecule has 0 saturated carbocycles. The molecule has 29 heavy (non-hydrogen) atoms. The average molecular weight is 412 g/mol. The molecular weight excluding hydrogens is 390 g/mol. The molecule has 1 saturated heterocycles. The molecule has 0 amide bonds. The Kier molecular flexibility index (Phi) is 5.94. The van der Waals surface area contributed by atoms with Crippen LogP contribution in [0.25, 0.3) is 0 Å². The Labute approximate surface area is 174 Å². The van der Waals surface area contributed by atoms with Gasteiger partial charge < -0.3 is 18.9 Å². The number of ether oxygens (including phenoxy) is 2. The van der Waals surface area contributed by atoms with Crippen LogP contribution in [0.3, 0.4) is 0 Å². The van der Waals surface area contributed by atoms with Gasteiger partial charge in [0.25, 0.3) is 0 Å². The van der Waals surface area contributed by atoms with Crippen LogP contribution in [0, 0.1) is 0 Å². The summed E-state index contributed by atoms with van der Waals surface area (Å²) in [7, 11) is 0. The van der Waals surface area contributed by atoms with Crippen LogP contribution in [0.5, 0.6) is 0 Å². The summed E-state index contributed by atoms with van der Waals surface area (Å²) in [6, 6.07) is 17.4. The highest BCUT2D eigenvalue weighted by Gasteiger charge is 2.39. The first kappa shape index (κ1) is 19.6. The lowest BCUT2D eigenvalue weighted by Gasteiger charge is -2.23. The van der Waals surface area contributed by atoms with E-state index in [2.05, 4.69) is 10.1 Å². The Morgan fingerprint density at radius 3 is 2.76 bits per heavy atom. The van der Waals surface area contributed by atoms with Crippen molar-refractivity contribution in [2.45, 2.75) is 25.4 Å². The highest BCUT2D eigenvalue weighted by Crippen LogP contribution is 2.34. The van der Waals surface area contributed by atoms with Gasteiger partial charge >= 0.3 is 0 Å². The van der Waals surface area contributed by atoms with E-state index in [0.717, 1.165) is 16.8 Å². The third kappa shape index (κ3) is 4.85. The second-order valence-electron chi connectivity index (χ2n) is 6.94. The second kappa shape index (κ2) is 8.78. The molecular formula is C22H22ClN3O3. The number of benzene rings is 2. The lowest BCUT2D eigenvalue weighted by Crippen LogP contribution is -2.25. The maximum Gasteiger partial charge on any atom is 0.192 e. The summed E-state index contributed by atoms with van der Waals surface area (Å²) in [5.41, 5.74) is 2.72. The van der Waals surface area contributed by atoms with Gasteiger partial charge in [-0.2, -0.15) is 0 Å². The quantitative estimate of drug-likeness (QED) is 0.431. The lowest BCUT2D eigenvalue weighted by atomic mass is 10.1. The van der Waals surface area contributed by atoms with E-state index in [-0.39, 0.29) is 6.10 Å². The van der Waals surface area contributed by atoms with Crippen LogP contribution in [-0.4, -0.2) is 34.6 Å². The zero-order valence-corrected chi connectivity index (χ0v) is 16.8. The van der Waals surface area contributed by atoms with Crippen LogP contribution in [0.4, 0.5) is 0 Å². The molecule has 1 aliphatic rings. The van der Waals surface area contributed by atoms with Gasteiger partial charge in [0.15, 0.2) is 5.79 Å². The Morgan fingerprint density at radius 1 is 1.24 bits per heavy atom. The van der Waals surface area contributed by atoms with E-state index >= 15 is 0 Å². The minimum absolute atomic E-state index is 0.218. The highest BCUT2D eigenvalue weighted by molar-refractivity contribution is 6.30. The number of rotatable bonds is 7. The molecule has 2 heterocycles. The first-order valence-corrected chi connectivity index (χ1v) is 9.78. The van der Waals surface area contributed by atoms with Crippen molar-refractivity contribution in [2.75, 3.05) is 13.2 Å². The molecule has 4 rings (SSSR count). The molecule has 0 radical (unpaired) electrons. The van der Waals surface area contributed by atoms with E-state index in [1.54, 1.807) is 12.5 Å². The van der Waals surface area contributed by atoms with Crippen molar-refractivity contribution < 1.29 is 14.3 Å². The molecule has 2 unspecified atom stereocenters. The molecule has 0 N–H and O–H groups in total. The first-order valence-electron chi connectivity index (χ1n) is 9.40. The van der Waals surface area contributed by atoms with Crippen LogP contribution in [0.15, 0.2) is 78.5 Å². The van der Waals surface area contributed by atoms with E-state index in [9.17, 15) is 0 Å². The molecule has 7 heteroatoms. The van der Waals surface area contributed by atoms with Crippen molar-refractivity contribution in [1.82, 2.24) is 9.55 Å². The maximum atomic E-state index is 6.09. The Morgan fingerprint density at radius 2 is 2.03 bits per heavy atom. The van der Waals surface area contributed by atoms with Crippen molar-refractivity contribution in [2.24, 2.45) is 5.16 Å². The van der Waals surface area contributed by atoms with Gasteiger partial charge in [0.2, 0.25) is 0 Å². The molecule has 0 spiro atoms. The summed E-state index contributed by atoms with van der Waals surface area (Å²) in [5, 5.41) is 5.06. The standard InChI is InChI=1S/C22H22ClN3O3/c1-22(18-7-9-19(23)10-8-18)27-14-20(29-22)15-28-25-21(13-26-12-11-24-16-26)17-5-3-2-4-6-17/h2-12,16,20H,13-15H2,1H3/b25-21-. The average Bonchev–Trinajstić information content (AvgIpc) is 3.39. The summed E-state index contributed by atoms with van der Waals surface area (Å²) >= 11 is 5.97. The molecule has 0 bridgehead atoms. The predicted octanol–water partition coefficient (Wildman–Crippen LogP) is 4.25. The van der Waals surface area contributed by atoms with Gasteiger partial charge in [-0.25, -0.2) is 4.98 Å². The summed E-state index contributed by atoms with van der Waals surface area (Å²) < 4.78 is 13.9. The third-order valence-corrected chi connectivity index (χ3v) is 4.99. The van der Waals surface area contributed by atoms with E-state index in [1.165, 1.54) is 0 Å². The SMILES string of the molecule is CC1(c2ccc(Cl)cc2)OCC(CO/N=C(/Cn2ccnc2)c2ccccc2)O1.